The lowest BCUT2D eigenvalue weighted by Gasteiger charge is -2.02. The van der Waals surface area contributed by atoms with E-state index in [1.54, 1.807) is 11.3 Å². The minimum Gasteiger partial charge on any atom is -0.333 e. The van der Waals surface area contributed by atoms with E-state index in [4.69, 9.17) is 16.1 Å². The lowest BCUT2D eigenvalue weighted by atomic mass is 10.2. The SMILES string of the molecule is Clc1c(-c2nc(-c3ccc(-n4cccc4)cc3)no2)sc2ccccc12. The molecule has 6 heteroatoms. The zero-order chi connectivity index (χ0) is 17.5. The Kier molecular flexibility index (Phi) is 3.62. The van der Waals surface area contributed by atoms with E-state index >= 15 is 0 Å². The molecule has 0 saturated carbocycles. The molecule has 3 heterocycles. The van der Waals surface area contributed by atoms with Crippen molar-refractivity contribution < 1.29 is 4.52 Å². The highest BCUT2D eigenvalue weighted by molar-refractivity contribution is 7.23. The third kappa shape index (κ3) is 2.53. The van der Waals surface area contributed by atoms with E-state index in [2.05, 4.69) is 10.1 Å². The molecular weight excluding hydrogens is 366 g/mol. The van der Waals surface area contributed by atoms with Gasteiger partial charge in [-0.25, -0.2) is 0 Å². The van der Waals surface area contributed by atoms with Gasteiger partial charge in [0.05, 0.1) is 5.02 Å². The number of benzene rings is 2. The summed E-state index contributed by atoms with van der Waals surface area (Å²) in [7, 11) is 0. The van der Waals surface area contributed by atoms with E-state index in [1.807, 2.05) is 77.6 Å². The monoisotopic (exact) mass is 377 g/mol. The van der Waals surface area contributed by atoms with Crippen LogP contribution in [-0.2, 0) is 0 Å². The maximum atomic E-state index is 6.50. The van der Waals surface area contributed by atoms with Crippen LogP contribution in [0, 0.1) is 0 Å². The molecule has 0 N–H and O–H groups in total. The average molecular weight is 378 g/mol. The summed E-state index contributed by atoms with van der Waals surface area (Å²) in [5.41, 5.74) is 1.98. The largest absolute Gasteiger partial charge is 0.333 e. The molecule has 5 rings (SSSR count). The lowest BCUT2D eigenvalue weighted by molar-refractivity contribution is 0.433. The van der Waals surface area contributed by atoms with Gasteiger partial charge in [-0.1, -0.05) is 35.0 Å². The first kappa shape index (κ1) is 15.4. The van der Waals surface area contributed by atoms with Crippen LogP contribution in [0.2, 0.25) is 5.02 Å². The molecule has 0 bridgehead atoms. The molecule has 0 aliphatic rings. The summed E-state index contributed by atoms with van der Waals surface area (Å²) >= 11 is 8.06. The predicted molar refractivity (Wildman–Crippen MR) is 105 cm³/mol. The third-order valence-electron chi connectivity index (χ3n) is 4.18. The molecule has 0 radical (unpaired) electrons. The van der Waals surface area contributed by atoms with Crippen LogP contribution in [0.3, 0.4) is 0 Å². The third-order valence-corrected chi connectivity index (χ3v) is 5.85. The molecule has 0 aliphatic carbocycles. The van der Waals surface area contributed by atoms with Crippen molar-refractivity contribution in [2.75, 3.05) is 0 Å². The average Bonchev–Trinajstić information content (AvgIpc) is 3.43. The van der Waals surface area contributed by atoms with Gasteiger partial charge < -0.3 is 9.09 Å². The van der Waals surface area contributed by atoms with Crippen LogP contribution in [0.15, 0.2) is 77.6 Å². The van der Waals surface area contributed by atoms with Crippen LogP contribution >= 0.6 is 22.9 Å². The van der Waals surface area contributed by atoms with E-state index in [1.165, 1.54) is 0 Å². The van der Waals surface area contributed by atoms with E-state index in [-0.39, 0.29) is 0 Å². The van der Waals surface area contributed by atoms with Crippen LogP contribution in [0.4, 0.5) is 0 Å². The Morgan fingerprint density at radius 1 is 0.923 bits per heavy atom. The zero-order valence-electron chi connectivity index (χ0n) is 13.5. The van der Waals surface area contributed by atoms with Crippen LogP contribution in [0.25, 0.3) is 37.9 Å². The van der Waals surface area contributed by atoms with Crippen molar-refractivity contribution in [3.63, 3.8) is 0 Å². The van der Waals surface area contributed by atoms with E-state index in [0.29, 0.717) is 16.7 Å². The summed E-state index contributed by atoms with van der Waals surface area (Å²) in [5.74, 6) is 0.994. The minimum atomic E-state index is 0.445. The Bertz CT molecular complexity index is 1190. The highest BCUT2D eigenvalue weighted by atomic mass is 35.5. The zero-order valence-corrected chi connectivity index (χ0v) is 15.0. The van der Waals surface area contributed by atoms with Crippen LogP contribution < -0.4 is 0 Å². The first-order chi connectivity index (χ1) is 12.8. The Morgan fingerprint density at radius 3 is 2.46 bits per heavy atom. The number of aromatic nitrogens is 3. The summed E-state index contributed by atoms with van der Waals surface area (Å²) in [5, 5.41) is 5.78. The first-order valence-electron chi connectivity index (χ1n) is 8.04. The highest BCUT2D eigenvalue weighted by Crippen LogP contribution is 2.41. The van der Waals surface area contributed by atoms with Crippen molar-refractivity contribution in [3.8, 4) is 27.8 Å². The number of hydrogen-bond acceptors (Lipinski definition) is 4. The normalized spacial score (nSPS) is 11.3. The second-order valence-electron chi connectivity index (χ2n) is 5.80. The van der Waals surface area contributed by atoms with Crippen molar-refractivity contribution in [1.82, 2.24) is 14.7 Å². The Balaban J connectivity index is 1.50. The fraction of sp³-hybridized carbons (Fsp3) is 0. The molecule has 0 saturated heterocycles. The van der Waals surface area contributed by atoms with Gasteiger partial charge in [-0.2, -0.15) is 4.98 Å². The summed E-state index contributed by atoms with van der Waals surface area (Å²) in [6.45, 7) is 0. The van der Waals surface area contributed by atoms with E-state index in [9.17, 15) is 0 Å². The molecular formula is C20H12ClN3OS. The van der Waals surface area contributed by atoms with Crippen molar-refractivity contribution >= 4 is 33.0 Å². The maximum Gasteiger partial charge on any atom is 0.269 e. The predicted octanol–water partition coefficient (Wildman–Crippen LogP) is 6.06. The van der Waals surface area contributed by atoms with Gasteiger partial charge in [-0.05, 0) is 42.5 Å². The molecule has 0 atom stereocenters. The quantitative estimate of drug-likeness (QED) is 0.383. The molecule has 0 aliphatic heterocycles. The summed E-state index contributed by atoms with van der Waals surface area (Å²) in [6.07, 6.45) is 4.01. The summed E-state index contributed by atoms with van der Waals surface area (Å²) < 4.78 is 8.62. The van der Waals surface area contributed by atoms with Gasteiger partial charge in [-0.3, -0.25) is 0 Å². The number of rotatable bonds is 3. The van der Waals surface area contributed by atoms with Gasteiger partial charge in [0, 0.05) is 33.7 Å². The standard InChI is InChI=1S/C20H12ClN3OS/c21-17-15-5-1-2-6-16(15)26-18(17)20-22-19(23-25-20)13-7-9-14(10-8-13)24-11-3-4-12-24/h1-12H. The number of nitrogens with zero attached hydrogens (tertiary/aromatic N) is 3. The fourth-order valence-electron chi connectivity index (χ4n) is 2.87. The van der Waals surface area contributed by atoms with Crippen LogP contribution in [-0.4, -0.2) is 14.7 Å². The molecule has 2 aromatic carbocycles. The number of halogens is 1. The molecule has 0 unspecified atom stereocenters. The van der Waals surface area contributed by atoms with Crippen molar-refractivity contribution in [2.45, 2.75) is 0 Å². The molecule has 5 aromatic rings. The Labute approximate surface area is 158 Å². The first-order valence-corrected chi connectivity index (χ1v) is 9.24. The highest BCUT2D eigenvalue weighted by Gasteiger charge is 2.18. The number of fused-ring (bicyclic) bond motifs is 1. The van der Waals surface area contributed by atoms with Gasteiger partial charge in [0.1, 0.15) is 4.88 Å². The minimum absolute atomic E-state index is 0.445. The maximum absolute atomic E-state index is 6.50. The lowest BCUT2D eigenvalue weighted by Crippen LogP contribution is -1.89. The summed E-state index contributed by atoms with van der Waals surface area (Å²) in [4.78, 5) is 5.34. The van der Waals surface area contributed by atoms with Gasteiger partial charge in [0.25, 0.3) is 5.89 Å². The number of hydrogen-bond donors (Lipinski definition) is 0. The van der Waals surface area contributed by atoms with Gasteiger partial charge in [0.2, 0.25) is 5.82 Å². The molecule has 0 spiro atoms. The van der Waals surface area contributed by atoms with Crippen molar-refractivity contribution in [1.29, 1.82) is 0 Å². The Hall–Kier alpha value is -2.89. The van der Waals surface area contributed by atoms with E-state index in [0.717, 1.165) is 26.2 Å². The molecule has 0 amide bonds. The van der Waals surface area contributed by atoms with Crippen molar-refractivity contribution in [2.24, 2.45) is 0 Å². The number of thiophene rings is 1. The molecule has 3 aromatic heterocycles. The van der Waals surface area contributed by atoms with E-state index < -0.39 is 0 Å². The topological polar surface area (TPSA) is 43.9 Å². The van der Waals surface area contributed by atoms with Gasteiger partial charge in [-0.15, -0.1) is 11.3 Å². The molecule has 26 heavy (non-hydrogen) atoms. The molecule has 126 valence electrons. The summed E-state index contributed by atoms with van der Waals surface area (Å²) in [6, 6.07) is 20.0. The molecule has 4 nitrogen and oxygen atoms in total. The second-order valence-corrected chi connectivity index (χ2v) is 7.23. The van der Waals surface area contributed by atoms with Gasteiger partial charge >= 0.3 is 0 Å². The fourth-order valence-corrected chi connectivity index (χ4v) is 4.31. The Morgan fingerprint density at radius 2 is 1.69 bits per heavy atom. The van der Waals surface area contributed by atoms with Crippen LogP contribution in [0.5, 0.6) is 0 Å². The smallest absolute Gasteiger partial charge is 0.269 e. The second kappa shape index (κ2) is 6.12. The molecule has 0 fully saturated rings. The van der Waals surface area contributed by atoms with Crippen LogP contribution in [0.1, 0.15) is 0 Å². The van der Waals surface area contributed by atoms with Crippen molar-refractivity contribution in [3.05, 3.63) is 78.1 Å². The van der Waals surface area contributed by atoms with Gasteiger partial charge in [0.15, 0.2) is 0 Å².